The summed E-state index contributed by atoms with van der Waals surface area (Å²) in [5, 5.41) is 6.89. The Morgan fingerprint density at radius 3 is 2.61 bits per heavy atom. The normalized spacial score (nSPS) is 22.5. The van der Waals surface area contributed by atoms with Gasteiger partial charge in [0.1, 0.15) is 12.2 Å². The average molecular weight is 463 g/mol. The maximum Gasteiger partial charge on any atom is 0.290 e. The number of hydrogen-bond acceptors (Lipinski definition) is 6. The molecule has 1 aromatic rings. The van der Waals surface area contributed by atoms with Gasteiger partial charge in [-0.3, -0.25) is 19.2 Å². The lowest BCUT2D eigenvalue weighted by Gasteiger charge is -2.42. The van der Waals surface area contributed by atoms with E-state index in [1.165, 1.54) is 0 Å². The zero-order valence-corrected chi connectivity index (χ0v) is 19.4. The van der Waals surface area contributed by atoms with Crippen molar-refractivity contribution in [2.75, 3.05) is 59.5 Å². The lowest BCUT2D eigenvalue weighted by molar-refractivity contribution is -0.138. The Morgan fingerprint density at radius 2 is 1.88 bits per heavy atom. The number of hydrogen-bond donors (Lipinski definition) is 1. The number of likely N-dealkylation sites (tertiary alicyclic amines) is 1. The van der Waals surface area contributed by atoms with Crippen molar-refractivity contribution in [1.82, 2.24) is 19.3 Å². The molecule has 1 aromatic heterocycles. The SMILES string of the molecule is CCOCC(=O)N1C[C@@H]2C[C@H](C1)c1ccc(C(=O)N3CCCN(C)CC3)c(=O)n1C2.O=CO. The molecule has 1 N–H and O–H groups in total. The van der Waals surface area contributed by atoms with Gasteiger partial charge in [0.15, 0.2) is 0 Å². The zero-order chi connectivity index (χ0) is 24.0. The van der Waals surface area contributed by atoms with Crippen LogP contribution in [0.2, 0.25) is 0 Å². The van der Waals surface area contributed by atoms with Crippen LogP contribution in [0.4, 0.5) is 0 Å². The fraction of sp³-hybridized carbons (Fsp3) is 0.652. The third kappa shape index (κ3) is 5.80. The molecule has 2 fully saturated rings. The Kier molecular flexibility index (Phi) is 8.62. The molecule has 0 saturated carbocycles. The molecule has 0 aromatic carbocycles. The number of ether oxygens (including phenoxy) is 1. The molecular weight excluding hydrogens is 428 g/mol. The Morgan fingerprint density at radius 1 is 1.12 bits per heavy atom. The van der Waals surface area contributed by atoms with Crippen molar-refractivity contribution < 1.29 is 24.2 Å². The van der Waals surface area contributed by atoms with Crippen molar-refractivity contribution in [2.24, 2.45) is 5.92 Å². The molecule has 0 aliphatic carbocycles. The van der Waals surface area contributed by atoms with E-state index >= 15 is 0 Å². The van der Waals surface area contributed by atoms with Gasteiger partial charge in [0.05, 0.1) is 0 Å². The Labute approximate surface area is 193 Å². The van der Waals surface area contributed by atoms with Crippen LogP contribution >= 0.6 is 0 Å². The van der Waals surface area contributed by atoms with Gasteiger partial charge in [-0.25, -0.2) is 0 Å². The summed E-state index contributed by atoms with van der Waals surface area (Å²) in [5.41, 5.74) is 1.03. The minimum atomic E-state index is -0.250. The molecule has 182 valence electrons. The number of aromatic nitrogens is 1. The number of fused-ring (bicyclic) bond motifs is 4. The molecule has 4 rings (SSSR count). The predicted molar refractivity (Wildman–Crippen MR) is 121 cm³/mol. The standard InChI is InChI=1S/C22H32N4O4.CH2O2/c1-3-30-15-20(27)25-12-16-11-17(14-25)19-6-5-18(22(29)26(19)13-16)21(28)24-8-4-7-23(2)9-10-24;2-1-3/h5-6,16-17H,3-4,7-15H2,1-2H3;1H,(H,2,3)/t16-,17+;/m0./s1. The highest BCUT2D eigenvalue weighted by Crippen LogP contribution is 2.35. The molecule has 2 atom stereocenters. The summed E-state index contributed by atoms with van der Waals surface area (Å²) < 4.78 is 7.07. The van der Waals surface area contributed by atoms with E-state index in [-0.39, 0.29) is 47.9 Å². The van der Waals surface area contributed by atoms with Crippen molar-refractivity contribution in [2.45, 2.75) is 32.2 Å². The molecule has 3 aliphatic rings. The summed E-state index contributed by atoms with van der Waals surface area (Å²) in [6, 6.07) is 3.63. The van der Waals surface area contributed by atoms with Gasteiger partial charge >= 0.3 is 0 Å². The van der Waals surface area contributed by atoms with E-state index in [1.54, 1.807) is 10.6 Å². The minimum Gasteiger partial charge on any atom is -0.483 e. The number of pyridine rings is 1. The number of carbonyl (C=O) groups excluding carboxylic acids is 2. The summed E-state index contributed by atoms with van der Waals surface area (Å²) in [6.07, 6.45) is 1.90. The Balaban J connectivity index is 0.000000968. The maximum atomic E-state index is 13.2. The molecule has 0 radical (unpaired) electrons. The van der Waals surface area contributed by atoms with Crippen molar-refractivity contribution in [3.8, 4) is 0 Å². The van der Waals surface area contributed by atoms with Gasteiger partial charge in [-0.05, 0) is 51.4 Å². The third-order valence-electron chi connectivity index (χ3n) is 6.62. The predicted octanol–water partition coefficient (Wildman–Crippen LogP) is 0.309. The zero-order valence-electron chi connectivity index (χ0n) is 19.4. The van der Waals surface area contributed by atoms with Gasteiger partial charge in [-0.2, -0.15) is 0 Å². The Bertz CT molecular complexity index is 917. The van der Waals surface area contributed by atoms with Crippen LogP contribution in [-0.4, -0.2) is 102 Å². The molecule has 2 amide bonds. The van der Waals surface area contributed by atoms with E-state index in [4.69, 9.17) is 14.6 Å². The first-order valence-electron chi connectivity index (χ1n) is 11.5. The number of piperidine rings is 1. The highest BCUT2D eigenvalue weighted by molar-refractivity contribution is 5.94. The minimum absolute atomic E-state index is 0.0141. The van der Waals surface area contributed by atoms with E-state index in [0.29, 0.717) is 39.3 Å². The first kappa shape index (κ1) is 24.9. The number of rotatable bonds is 4. The number of likely N-dealkylation sites (N-methyl/N-ethyl adjacent to an activating group) is 1. The van der Waals surface area contributed by atoms with Crippen LogP contribution in [0.5, 0.6) is 0 Å². The van der Waals surface area contributed by atoms with Gasteiger partial charge in [0, 0.05) is 57.5 Å². The number of nitrogens with zero attached hydrogens (tertiary/aromatic N) is 4. The molecule has 10 heteroatoms. The second-order valence-corrected chi connectivity index (χ2v) is 8.88. The van der Waals surface area contributed by atoms with Crippen molar-refractivity contribution in [1.29, 1.82) is 0 Å². The largest absolute Gasteiger partial charge is 0.483 e. The van der Waals surface area contributed by atoms with E-state index in [0.717, 1.165) is 31.6 Å². The monoisotopic (exact) mass is 462 g/mol. The smallest absolute Gasteiger partial charge is 0.290 e. The number of carbonyl (C=O) groups is 3. The lowest BCUT2D eigenvalue weighted by Crippen LogP contribution is -2.50. The summed E-state index contributed by atoms with van der Waals surface area (Å²) in [6.45, 7) is 7.21. The van der Waals surface area contributed by atoms with Crippen molar-refractivity contribution in [3.05, 3.63) is 33.7 Å². The van der Waals surface area contributed by atoms with Crippen LogP contribution in [-0.2, 0) is 20.9 Å². The second kappa shape index (κ2) is 11.4. The first-order chi connectivity index (χ1) is 15.9. The Hall–Kier alpha value is -2.72. The van der Waals surface area contributed by atoms with Crippen molar-refractivity contribution in [3.63, 3.8) is 0 Å². The maximum absolute atomic E-state index is 13.2. The van der Waals surface area contributed by atoms with E-state index in [9.17, 15) is 14.4 Å². The van der Waals surface area contributed by atoms with Gasteiger partial charge < -0.3 is 29.1 Å². The van der Waals surface area contributed by atoms with E-state index in [1.807, 2.05) is 22.8 Å². The highest BCUT2D eigenvalue weighted by Gasteiger charge is 2.37. The quantitative estimate of drug-likeness (QED) is 0.641. The van der Waals surface area contributed by atoms with Crippen LogP contribution < -0.4 is 5.56 Å². The molecule has 0 unspecified atom stereocenters. The second-order valence-electron chi connectivity index (χ2n) is 8.88. The lowest BCUT2D eigenvalue weighted by atomic mass is 9.83. The van der Waals surface area contributed by atoms with E-state index in [2.05, 4.69) is 11.9 Å². The fourth-order valence-electron chi connectivity index (χ4n) is 5.01. The molecule has 10 nitrogen and oxygen atoms in total. The summed E-state index contributed by atoms with van der Waals surface area (Å²) in [7, 11) is 2.06. The molecule has 33 heavy (non-hydrogen) atoms. The molecule has 0 spiro atoms. The van der Waals surface area contributed by atoms with E-state index < -0.39 is 0 Å². The van der Waals surface area contributed by atoms with Crippen LogP contribution in [0.25, 0.3) is 0 Å². The summed E-state index contributed by atoms with van der Waals surface area (Å²) >= 11 is 0. The van der Waals surface area contributed by atoms with Crippen LogP contribution in [0.15, 0.2) is 16.9 Å². The molecule has 2 bridgehead atoms. The summed E-state index contributed by atoms with van der Waals surface area (Å²) in [5.74, 6) is 0.221. The van der Waals surface area contributed by atoms with Gasteiger partial charge in [0.2, 0.25) is 5.91 Å². The van der Waals surface area contributed by atoms with Gasteiger partial charge in [-0.1, -0.05) is 0 Å². The number of amides is 2. The van der Waals surface area contributed by atoms with Crippen LogP contribution in [0.1, 0.15) is 41.7 Å². The van der Waals surface area contributed by atoms with Gasteiger partial charge in [0.25, 0.3) is 17.9 Å². The highest BCUT2D eigenvalue weighted by atomic mass is 16.5. The molecule has 2 saturated heterocycles. The molecule has 3 aliphatic heterocycles. The first-order valence-corrected chi connectivity index (χ1v) is 11.5. The van der Waals surface area contributed by atoms with Gasteiger partial charge in [-0.15, -0.1) is 0 Å². The van der Waals surface area contributed by atoms with Crippen molar-refractivity contribution >= 4 is 18.3 Å². The van der Waals surface area contributed by atoms with Crippen LogP contribution in [0, 0.1) is 5.92 Å². The summed E-state index contributed by atoms with van der Waals surface area (Å²) in [4.78, 5) is 53.0. The third-order valence-corrected chi connectivity index (χ3v) is 6.62. The fourth-order valence-corrected chi connectivity index (χ4v) is 5.01. The number of carboxylic acid groups (broad SMARTS) is 1. The van der Waals surface area contributed by atoms with Crippen LogP contribution in [0.3, 0.4) is 0 Å². The molecular formula is C23H34N4O6. The molecule has 4 heterocycles. The average Bonchev–Trinajstić information content (AvgIpc) is 3.02. The topological polar surface area (TPSA) is 112 Å².